The molecule has 0 aliphatic rings. The first-order chi connectivity index (χ1) is 15.0. The number of hydrogen-bond acceptors (Lipinski definition) is 5. The summed E-state index contributed by atoms with van der Waals surface area (Å²) in [7, 11) is 0. The Kier molecular flexibility index (Phi) is 6.12. The van der Waals surface area contributed by atoms with Crippen LogP contribution < -0.4 is 5.73 Å². The second-order valence-electron chi connectivity index (χ2n) is 8.05. The third-order valence-corrected chi connectivity index (χ3v) is 5.83. The molecule has 1 unspecified atom stereocenters. The van der Waals surface area contributed by atoms with Gasteiger partial charge >= 0.3 is 0 Å². The maximum absolute atomic E-state index is 5.99. The topological polar surface area (TPSA) is 77.8 Å². The van der Waals surface area contributed by atoms with E-state index in [0.717, 1.165) is 18.4 Å². The van der Waals surface area contributed by atoms with Crippen molar-refractivity contribution in [3.63, 3.8) is 0 Å². The van der Waals surface area contributed by atoms with Crippen LogP contribution in [0.4, 0.5) is 5.82 Å². The van der Waals surface area contributed by atoms with Crippen LogP contribution >= 0.6 is 0 Å². The average Bonchev–Trinajstić information content (AvgIpc) is 3.24. The van der Waals surface area contributed by atoms with E-state index < -0.39 is 0 Å². The second-order valence-corrected chi connectivity index (χ2v) is 8.05. The third kappa shape index (κ3) is 4.82. The van der Waals surface area contributed by atoms with E-state index in [1.807, 2.05) is 12.1 Å². The van der Waals surface area contributed by atoms with Gasteiger partial charge in [0.1, 0.15) is 5.82 Å². The molecule has 4 rings (SSSR count). The van der Waals surface area contributed by atoms with Gasteiger partial charge in [-0.1, -0.05) is 60.6 Å². The molecule has 2 aromatic carbocycles. The minimum atomic E-state index is -0.0129. The first-order valence-corrected chi connectivity index (χ1v) is 10.7. The summed E-state index contributed by atoms with van der Waals surface area (Å²) in [6.07, 6.45) is 3.96. The van der Waals surface area contributed by atoms with Gasteiger partial charge in [0.15, 0.2) is 5.82 Å². The van der Waals surface area contributed by atoms with Crippen LogP contribution in [0.1, 0.15) is 57.9 Å². The van der Waals surface area contributed by atoms with Crippen LogP contribution in [-0.2, 0) is 19.3 Å². The lowest BCUT2D eigenvalue weighted by Gasteiger charge is -2.15. The van der Waals surface area contributed by atoms with E-state index >= 15 is 0 Å². The molecule has 0 saturated carbocycles. The van der Waals surface area contributed by atoms with Crippen LogP contribution in [0.15, 0.2) is 65.3 Å². The Balaban J connectivity index is 1.67. The fourth-order valence-corrected chi connectivity index (χ4v) is 3.80. The zero-order chi connectivity index (χ0) is 21.8. The average molecular weight is 413 g/mol. The van der Waals surface area contributed by atoms with Gasteiger partial charge in [-0.2, -0.15) is 4.98 Å². The molecular formula is C26H28N4O. The van der Waals surface area contributed by atoms with E-state index in [0.29, 0.717) is 24.0 Å². The number of aryl methyl sites for hydroxylation is 3. The van der Waals surface area contributed by atoms with E-state index in [9.17, 15) is 0 Å². The highest BCUT2D eigenvalue weighted by atomic mass is 16.5. The number of rotatable bonds is 7. The molecule has 0 bridgehead atoms. The Hall–Kier alpha value is -3.47. The highest BCUT2D eigenvalue weighted by Crippen LogP contribution is 2.29. The van der Waals surface area contributed by atoms with Gasteiger partial charge in [0.05, 0.1) is 5.92 Å². The van der Waals surface area contributed by atoms with Crippen molar-refractivity contribution in [2.75, 3.05) is 5.73 Å². The van der Waals surface area contributed by atoms with Crippen LogP contribution in [0.2, 0.25) is 0 Å². The number of aromatic nitrogens is 3. The van der Waals surface area contributed by atoms with Gasteiger partial charge < -0.3 is 10.3 Å². The van der Waals surface area contributed by atoms with E-state index in [1.54, 1.807) is 6.20 Å². The number of benzene rings is 2. The number of pyridine rings is 1. The van der Waals surface area contributed by atoms with Gasteiger partial charge in [-0.05, 0) is 60.6 Å². The van der Waals surface area contributed by atoms with Crippen molar-refractivity contribution in [3.05, 3.63) is 106 Å². The lowest BCUT2D eigenvalue weighted by molar-refractivity contribution is 0.360. The maximum atomic E-state index is 5.99. The van der Waals surface area contributed by atoms with Gasteiger partial charge in [0.2, 0.25) is 5.89 Å². The summed E-state index contributed by atoms with van der Waals surface area (Å²) < 4.78 is 5.77. The molecule has 2 N–H and O–H groups in total. The lowest BCUT2D eigenvalue weighted by Crippen LogP contribution is -2.07. The molecule has 158 valence electrons. The Morgan fingerprint density at radius 2 is 1.84 bits per heavy atom. The molecule has 0 saturated heterocycles. The minimum absolute atomic E-state index is 0.0129. The normalized spacial score (nSPS) is 12.1. The number of nitrogen functional groups attached to an aromatic ring is 1. The van der Waals surface area contributed by atoms with Gasteiger partial charge in [0.25, 0.3) is 0 Å². The van der Waals surface area contributed by atoms with Crippen molar-refractivity contribution in [3.8, 4) is 0 Å². The van der Waals surface area contributed by atoms with Crippen molar-refractivity contribution in [1.29, 1.82) is 0 Å². The van der Waals surface area contributed by atoms with Gasteiger partial charge in [-0.3, -0.25) is 0 Å². The smallest absolute Gasteiger partial charge is 0.234 e. The quantitative estimate of drug-likeness (QED) is 0.452. The number of nitrogens with zero attached hydrogens (tertiary/aromatic N) is 3. The van der Waals surface area contributed by atoms with Crippen LogP contribution in [0.3, 0.4) is 0 Å². The van der Waals surface area contributed by atoms with E-state index in [2.05, 4.69) is 73.4 Å². The molecule has 5 nitrogen and oxygen atoms in total. The van der Waals surface area contributed by atoms with Crippen LogP contribution in [0.25, 0.3) is 0 Å². The summed E-state index contributed by atoms with van der Waals surface area (Å²) in [5, 5.41) is 4.25. The molecule has 4 aromatic rings. The van der Waals surface area contributed by atoms with Gasteiger partial charge in [0, 0.05) is 18.2 Å². The van der Waals surface area contributed by atoms with Crippen molar-refractivity contribution >= 4 is 5.82 Å². The fourth-order valence-electron chi connectivity index (χ4n) is 3.80. The van der Waals surface area contributed by atoms with E-state index in [-0.39, 0.29) is 5.92 Å². The molecule has 0 aliphatic heterocycles. The summed E-state index contributed by atoms with van der Waals surface area (Å²) in [5.41, 5.74) is 13.2. The largest absolute Gasteiger partial charge is 0.383 e. The number of nitrogens with two attached hydrogens (primary N) is 1. The molecule has 0 aliphatic carbocycles. The highest BCUT2D eigenvalue weighted by molar-refractivity contribution is 5.40. The second kappa shape index (κ2) is 9.13. The molecule has 5 heteroatoms. The molecule has 31 heavy (non-hydrogen) atoms. The molecule has 0 radical (unpaired) electrons. The molecular weight excluding hydrogens is 384 g/mol. The third-order valence-electron chi connectivity index (χ3n) is 5.83. The summed E-state index contributed by atoms with van der Waals surface area (Å²) >= 11 is 0. The zero-order valence-electron chi connectivity index (χ0n) is 18.3. The molecule has 0 spiro atoms. The first-order valence-electron chi connectivity index (χ1n) is 10.7. The summed E-state index contributed by atoms with van der Waals surface area (Å²) in [6, 6.07) is 19.1. The summed E-state index contributed by atoms with van der Waals surface area (Å²) in [4.78, 5) is 8.90. The first kappa shape index (κ1) is 20.8. The van der Waals surface area contributed by atoms with Crippen molar-refractivity contribution < 1.29 is 4.52 Å². The molecule has 0 fully saturated rings. The van der Waals surface area contributed by atoms with Crippen LogP contribution in [0.5, 0.6) is 0 Å². The Morgan fingerprint density at radius 3 is 2.61 bits per heavy atom. The predicted molar refractivity (Wildman–Crippen MR) is 123 cm³/mol. The zero-order valence-corrected chi connectivity index (χ0v) is 18.3. The summed E-state index contributed by atoms with van der Waals surface area (Å²) in [5.74, 6) is 1.73. The standard InChI is InChI=1S/C26H28N4O/c1-4-19-7-5-8-21(14-19)23(15-20-11-10-17(2)18(3)13-20)26-29-24(30-31-26)16-22-9-6-12-28-25(22)27/h5-14,23H,4,15-16H2,1-3H3,(H2,27,28). The molecule has 2 heterocycles. The SMILES string of the molecule is CCc1cccc(C(Cc2ccc(C)c(C)c2)c2nc(Cc3cccnc3N)no2)c1. The monoisotopic (exact) mass is 412 g/mol. The predicted octanol–water partition coefficient (Wildman–Crippen LogP) is 5.19. The highest BCUT2D eigenvalue weighted by Gasteiger charge is 2.23. The molecule has 1 atom stereocenters. The molecule has 0 amide bonds. The van der Waals surface area contributed by atoms with Crippen LogP contribution in [0, 0.1) is 13.8 Å². The Bertz CT molecular complexity index is 1180. The minimum Gasteiger partial charge on any atom is -0.383 e. The maximum Gasteiger partial charge on any atom is 0.234 e. The van der Waals surface area contributed by atoms with Crippen molar-refractivity contribution in [2.45, 2.75) is 46.0 Å². The molecule has 2 aromatic heterocycles. The van der Waals surface area contributed by atoms with E-state index in [4.69, 9.17) is 15.2 Å². The van der Waals surface area contributed by atoms with E-state index in [1.165, 1.54) is 27.8 Å². The fraction of sp³-hybridized carbons (Fsp3) is 0.269. The van der Waals surface area contributed by atoms with Crippen molar-refractivity contribution in [1.82, 2.24) is 15.1 Å². The lowest BCUT2D eigenvalue weighted by atomic mass is 9.89. The van der Waals surface area contributed by atoms with Crippen molar-refractivity contribution in [2.24, 2.45) is 0 Å². The summed E-state index contributed by atoms with van der Waals surface area (Å²) in [6.45, 7) is 6.45. The number of anilines is 1. The van der Waals surface area contributed by atoms with Crippen LogP contribution in [-0.4, -0.2) is 15.1 Å². The van der Waals surface area contributed by atoms with Gasteiger partial charge in [-0.25, -0.2) is 4.98 Å². The number of hydrogen-bond donors (Lipinski definition) is 1. The van der Waals surface area contributed by atoms with Gasteiger partial charge in [-0.15, -0.1) is 0 Å². The Labute approximate surface area is 183 Å². The Morgan fingerprint density at radius 1 is 0.968 bits per heavy atom.